The van der Waals surface area contributed by atoms with Gasteiger partial charge in [0.05, 0.1) is 63.4 Å². The molecule has 0 aromatic rings. The van der Waals surface area contributed by atoms with Crippen LogP contribution in [0.25, 0.3) is 0 Å². The molecule has 0 bridgehead atoms. The smallest absolute Gasteiger partial charge is 0.364 e. The second kappa shape index (κ2) is 31.3. The zero-order valence-corrected chi connectivity index (χ0v) is 48.7. The maximum absolute atomic E-state index is 13.3. The number of carboxylic acids is 2. The van der Waals surface area contributed by atoms with Gasteiger partial charge >= 0.3 is 11.9 Å². The van der Waals surface area contributed by atoms with Gasteiger partial charge in [-0.3, -0.25) is 19.2 Å². The summed E-state index contributed by atoms with van der Waals surface area (Å²) in [6.07, 6.45) is -57.7. The van der Waals surface area contributed by atoms with Crippen LogP contribution in [0, 0.1) is 0 Å². The van der Waals surface area contributed by atoms with Gasteiger partial charge in [0.25, 0.3) is 11.6 Å². The van der Waals surface area contributed by atoms with Gasteiger partial charge in [0.2, 0.25) is 23.6 Å². The number of rotatable bonds is 25. The van der Waals surface area contributed by atoms with E-state index in [4.69, 9.17) is 52.1 Å². The van der Waals surface area contributed by atoms with Gasteiger partial charge in [-0.25, -0.2) is 9.59 Å². The molecule has 23 N–H and O–H groups in total. The number of hydrogen-bond acceptors (Lipinski definition) is 34. The zero-order valence-electron chi connectivity index (χ0n) is 48.7. The summed E-state index contributed by atoms with van der Waals surface area (Å²) in [7, 11) is 0. The van der Waals surface area contributed by atoms with Crippen molar-refractivity contribution in [2.24, 2.45) is 0 Å². The molecule has 6 fully saturated rings. The Kier molecular flexibility index (Phi) is 26.0. The number of carbonyl (C=O) groups is 6. The van der Waals surface area contributed by atoms with Crippen molar-refractivity contribution in [3.05, 3.63) is 0 Å². The lowest BCUT2D eigenvalue weighted by atomic mass is 9.88. The topological polar surface area (TPSA) is 636 Å². The lowest BCUT2D eigenvalue weighted by Crippen LogP contribution is -2.72. The molecule has 90 heavy (non-hydrogen) atoms. The minimum Gasteiger partial charge on any atom is -0.477 e. The molecule has 6 heterocycles. The van der Waals surface area contributed by atoms with E-state index in [1.54, 1.807) is 0 Å². The van der Waals surface area contributed by atoms with Gasteiger partial charge < -0.3 is 170 Å². The van der Waals surface area contributed by atoms with Gasteiger partial charge in [0.15, 0.2) is 25.2 Å². The van der Waals surface area contributed by atoms with Crippen molar-refractivity contribution < 1.29 is 178 Å². The molecule has 0 saturated carbocycles. The summed E-state index contributed by atoms with van der Waals surface area (Å²) in [5, 5.41) is 216. The Morgan fingerprint density at radius 1 is 0.478 bits per heavy atom. The van der Waals surface area contributed by atoms with Crippen molar-refractivity contribution in [1.82, 2.24) is 21.3 Å². The molecule has 6 saturated heterocycles. The standard InChI is InChI=1S/C50H82N4O36/c1-13-29(67)34(72)35(73)45(81-13)87-41-28(54-17(5)62)44(86-38-27(53-16(4)61)43(75)82-24(33(38)71)12-80-49(47(76)77)6-18(63)25(51-14(2)59)39(88-49)30(68)20(65)8-55)84-23(11-58)37(41)85-46-36(74)42(32(70)22(10-57)83-46)90-50(48(78)79)7-19(64)26(52-15(3)60)40(89-50)31(69)21(66)9-56/h13,18-46,55-58,63-75H,6-12H2,1-5H3,(H,51,59)(H,52,60)(H,53,61)(H,54,62)(H,76,77)(H,78,79)/t13-,18-,19-,20+,21+,22+,23+,24+,25+,26+,27+,28+,29+,30+,31+,32-,33-,34+,35-,36+,37+,38+,39+,40+,41+,42-,43-,44-,45-,46-,49+,50-/m0/s1. The predicted molar refractivity (Wildman–Crippen MR) is 279 cm³/mol. The molecule has 32 atom stereocenters. The van der Waals surface area contributed by atoms with E-state index in [2.05, 4.69) is 21.3 Å². The van der Waals surface area contributed by atoms with Crippen LogP contribution >= 0.6 is 0 Å². The molecule has 518 valence electrons. The van der Waals surface area contributed by atoms with Crippen molar-refractivity contribution >= 4 is 35.6 Å². The zero-order chi connectivity index (χ0) is 67.3. The molecule has 40 heteroatoms. The minimum absolute atomic E-state index is 0.826. The molecular formula is C50H82N4O36. The van der Waals surface area contributed by atoms with E-state index in [1.165, 1.54) is 6.92 Å². The van der Waals surface area contributed by atoms with Crippen LogP contribution in [0.2, 0.25) is 0 Å². The van der Waals surface area contributed by atoms with E-state index >= 15 is 0 Å². The molecule has 0 aromatic carbocycles. The summed E-state index contributed by atoms with van der Waals surface area (Å²) in [4.78, 5) is 76.6. The van der Waals surface area contributed by atoms with Gasteiger partial charge in [-0.05, 0) is 6.92 Å². The van der Waals surface area contributed by atoms with Crippen molar-refractivity contribution in [3.63, 3.8) is 0 Å². The van der Waals surface area contributed by atoms with E-state index in [9.17, 15) is 126 Å². The van der Waals surface area contributed by atoms with Gasteiger partial charge in [-0.2, -0.15) is 0 Å². The van der Waals surface area contributed by atoms with Crippen LogP contribution < -0.4 is 21.3 Å². The molecule has 0 aromatic heterocycles. The fraction of sp³-hybridized carbons (Fsp3) is 0.880. The third-order valence-corrected chi connectivity index (χ3v) is 15.9. The molecule has 0 unspecified atom stereocenters. The summed E-state index contributed by atoms with van der Waals surface area (Å²) in [6, 6.07) is -7.33. The van der Waals surface area contributed by atoms with E-state index in [0.29, 0.717) is 0 Å². The minimum atomic E-state index is -3.29. The highest BCUT2D eigenvalue weighted by molar-refractivity contribution is 5.77. The number of aliphatic hydroxyl groups excluding tert-OH is 17. The van der Waals surface area contributed by atoms with Crippen LogP contribution in [0.5, 0.6) is 0 Å². The highest BCUT2D eigenvalue weighted by atomic mass is 16.8. The lowest BCUT2D eigenvalue weighted by molar-refractivity contribution is -0.395. The van der Waals surface area contributed by atoms with Gasteiger partial charge in [-0.1, -0.05) is 0 Å². The van der Waals surface area contributed by atoms with Crippen LogP contribution in [0.1, 0.15) is 47.5 Å². The van der Waals surface area contributed by atoms with Crippen LogP contribution in [-0.2, 0) is 80.9 Å². The number of carbonyl (C=O) groups excluding carboxylic acids is 4. The number of ether oxygens (including phenoxy) is 11. The normalized spacial score (nSPS) is 43.8. The first-order valence-corrected chi connectivity index (χ1v) is 28.2. The lowest BCUT2D eigenvalue weighted by Gasteiger charge is -2.52. The van der Waals surface area contributed by atoms with Gasteiger partial charge in [0.1, 0.15) is 128 Å². The van der Waals surface area contributed by atoms with Crippen molar-refractivity contribution in [3.8, 4) is 0 Å². The van der Waals surface area contributed by atoms with Crippen molar-refractivity contribution in [2.45, 2.75) is 243 Å². The second-order valence-corrected chi connectivity index (χ2v) is 22.6. The second-order valence-electron chi connectivity index (χ2n) is 22.6. The Hall–Kier alpha value is -4.30. The molecule has 4 amide bonds. The van der Waals surface area contributed by atoms with E-state index in [0.717, 1.165) is 27.7 Å². The van der Waals surface area contributed by atoms with E-state index < -0.39 is 277 Å². The fourth-order valence-corrected chi connectivity index (χ4v) is 11.4. The van der Waals surface area contributed by atoms with Gasteiger partial charge in [0, 0.05) is 40.5 Å². The van der Waals surface area contributed by atoms with Crippen molar-refractivity contribution in [2.75, 3.05) is 33.0 Å². The Morgan fingerprint density at radius 3 is 1.40 bits per heavy atom. The first-order chi connectivity index (χ1) is 42.1. The highest BCUT2D eigenvalue weighted by Gasteiger charge is 2.63. The molecule has 6 aliphatic rings. The highest BCUT2D eigenvalue weighted by Crippen LogP contribution is 2.41. The number of aliphatic hydroxyl groups is 17. The molecule has 40 nitrogen and oxygen atoms in total. The maximum Gasteiger partial charge on any atom is 0.364 e. The average Bonchev–Trinajstić information content (AvgIpc) is 0.795. The Balaban J connectivity index is 1.39. The van der Waals surface area contributed by atoms with E-state index in [1.807, 2.05) is 0 Å². The van der Waals surface area contributed by atoms with Crippen LogP contribution in [0.4, 0.5) is 0 Å². The monoisotopic (exact) mass is 1310 g/mol. The summed E-state index contributed by atoms with van der Waals surface area (Å²) in [5.41, 5.74) is 0. The Morgan fingerprint density at radius 2 is 0.911 bits per heavy atom. The maximum atomic E-state index is 13.3. The molecule has 6 rings (SSSR count). The largest absolute Gasteiger partial charge is 0.477 e. The molecular weight excluding hydrogens is 1230 g/mol. The molecule has 0 radical (unpaired) electrons. The third kappa shape index (κ3) is 16.4. The summed E-state index contributed by atoms with van der Waals surface area (Å²) in [6.45, 7) is -0.984. The number of carboxylic acid groups (broad SMARTS) is 2. The number of nitrogens with one attached hydrogen (secondary N) is 4. The van der Waals surface area contributed by atoms with Crippen LogP contribution in [0.15, 0.2) is 0 Å². The quantitative estimate of drug-likeness (QED) is 0.0404. The summed E-state index contributed by atoms with van der Waals surface area (Å²) < 4.78 is 64.6. The van der Waals surface area contributed by atoms with Crippen LogP contribution in [-0.4, -0.2) is 361 Å². The Labute approximate surface area is 509 Å². The number of hydrogen-bond donors (Lipinski definition) is 23. The number of amides is 4. The SMILES string of the molecule is CC(=O)N[C@@H]1[C@@H](O[C@@H]2O[C@H](CO)[C@@H](O[C@@H]3O[C@H](CO)[C@H](O)[C@H](O[C@]4(C(=O)O)C[C@H](O)[C@@H](NC(C)=O)[C@H]([C@H](O)[C@H](O)CO)O4)[C@H]3O)[C@H](O[C@@H]3O[C@@H](C)[C@@H](O)[C@@H](O)[C@@H]3O)[C@H]2NC(C)=O)[C@@H](O)[C@@H](CO[C@]2(C(=O)O)C[C@H](O)[C@@H](NC(C)=O)[C@H]([C@H](O)[C@H](O)CO)O2)O[C@@H]1O. The fourth-order valence-electron chi connectivity index (χ4n) is 11.4. The predicted octanol–water partition coefficient (Wildman–Crippen LogP) is -14.1. The Bertz CT molecular complexity index is 2430. The van der Waals surface area contributed by atoms with Crippen molar-refractivity contribution in [1.29, 1.82) is 0 Å². The van der Waals surface area contributed by atoms with Crippen LogP contribution in [0.3, 0.4) is 0 Å². The summed E-state index contributed by atoms with van der Waals surface area (Å²) >= 11 is 0. The average molecular weight is 1320 g/mol. The first-order valence-electron chi connectivity index (χ1n) is 28.2. The number of aliphatic carboxylic acids is 2. The third-order valence-electron chi connectivity index (χ3n) is 15.9. The molecule has 6 aliphatic heterocycles. The summed E-state index contributed by atoms with van der Waals surface area (Å²) in [5.74, 6) is -14.2. The first kappa shape index (κ1) is 74.7. The molecule has 0 aliphatic carbocycles. The molecule has 0 spiro atoms. The van der Waals surface area contributed by atoms with Gasteiger partial charge in [-0.15, -0.1) is 0 Å². The van der Waals surface area contributed by atoms with E-state index in [-0.39, 0.29) is 0 Å².